The lowest BCUT2D eigenvalue weighted by Crippen LogP contribution is -2.29. The molecule has 18 heavy (non-hydrogen) atoms. The number of alkyl halides is 1. The first-order chi connectivity index (χ1) is 8.55. The summed E-state index contributed by atoms with van der Waals surface area (Å²) in [5.41, 5.74) is 0.869. The van der Waals surface area contributed by atoms with Gasteiger partial charge in [0.2, 0.25) is 0 Å². The molecule has 1 saturated carbocycles. The fourth-order valence-electron chi connectivity index (χ4n) is 2.79. The van der Waals surface area contributed by atoms with E-state index in [1.165, 1.54) is 0 Å². The van der Waals surface area contributed by atoms with Crippen LogP contribution in [0.15, 0.2) is 30.3 Å². The van der Waals surface area contributed by atoms with Crippen LogP contribution in [0, 0.1) is 5.41 Å². The van der Waals surface area contributed by atoms with Gasteiger partial charge in [0.25, 0.3) is 0 Å². The van der Waals surface area contributed by atoms with E-state index in [4.69, 9.17) is 0 Å². The summed E-state index contributed by atoms with van der Waals surface area (Å²) >= 11 is 3.51. The fraction of sp³-hybridized carbons (Fsp3) is 0.571. The highest BCUT2D eigenvalue weighted by Gasteiger charge is 2.37. The summed E-state index contributed by atoms with van der Waals surface area (Å²) in [6.45, 7) is 0. The van der Waals surface area contributed by atoms with Gasteiger partial charge in [-0.25, -0.2) is 8.42 Å². The van der Waals surface area contributed by atoms with Crippen LogP contribution in [-0.2, 0) is 15.6 Å². The third-order valence-corrected chi connectivity index (χ3v) is 6.72. The zero-order valence-corrected chi connectivity index (χ0v) is 12.8. The minimum absolute atomic E-state index is 0.0202. The third-order valence-electron chi connectivity index (χ3n) is 3.70. The first kappa shape index (κ1) is 14.1. The van der Waals surface area contributed by atoms with Gasteiger partial charge in [0.15, 0.2) is 9.84 Å². The van der Waals surface area contributed by atoms with E-state index in [0.29, 0.717) is 5.75 Å². The summed E-state index contributed by atoms with van der Waals surface area (Å²) < 4.78 is 24.6. The largest absolute Gasteiger partial charge is 0.228 e. The molecule has 0 amide bonds. The lowest BCUT2D eigenvalue weighted by atomic mass is 9.92. The molecule has 1 aromatic carbocycles. The normalized spacial score (nSPS) is 18.9. The van der Waals surface area contributed by atoms with Crippen molar-refractivity contribution in [2.45, 2.75) is 31.4 Å². The maximum absolute atomic E-state index is 12.3. The Hall–Kier alpha value is -0.350. The molecule has 1 aliphatic carbocycles. The highest BCUT2D eigenvalue weighted by Crippen LogP contribution is 2.41. The topological polar surface area (TPSA) is 34.1 Å². The van der Waals surface area contributed by atoms with Gasteiger partial charge in [0.05, 0.1) is 11.5 Å². The smallest absolute Gasteiger partial charge is 0.155 e. The highest BCUT2D eigenvalue weighted by atomic mass is 79.9. The Morgan fingerprint density at radius 1 is 1.11 bits per heavy atom. The molecule has 2 rings (SSSR count). The Kier molecular flexibility index (Phi) is 4.49. The van der Waals surface area contributed by atoms with Crippen molar-refractivity contribution >= 4 is 25.8 Å². The van der Waals surface area contributed by atoms with Crippen molar-refractivity contribution in [3.8, 4) is 0 Å². The van der Waals surface area contributed by atoms with E-state index < -0.39 is 9.84 Å². The maximum Gasteiger partial charge on any atom is 0.155 e. The standard InChI is InChI=1S/C14H19BrO2S/c15-11-14(8-4-5-9-14)12-18(16,17)10-13-6-2-1-3-7-13/h1-3,6-7H,4-5,8-12H2. The third kappa shape index (κ3) is 3.58. The number of hydrogen-bond donors (Lipinski definition) is 0. The first-order valence-electron chi connectivity index (χ1n) is 6.36. The number of hydrogen-bond acceptors (Lipinski definition) is 2. The minimum Gasteiger partial charge on any atom is -0.228 e. The number of halogens is 1. The molecule has 0 heterocycles. The molecule has 0 N–H and O–H groups in total. The Morgan fingerprint density at radius 3 is 2.28 bits per heavy atom. The van der Waals surface area contributed by atoms with Crippen LogP contribution in [0.5, 0.6) is 0 Å². The highest BCUT2D eigenvalue weighted by molar-refractivity contribution is 9.09. The zero-order valence-electron chi connectivity index (χ0n) is 10.4. The second kappa shape index (κ2) is 5.74. The van der Waals surface area contributed by atoms with Crippen molar-refractivity contribution < 1.29 is 8.42 Å². The van der Waals surface area contributed by atoms with Crippen molar-refractivity contribution in [1.29, 1.82) is 0 Å². The first-order valence-corrected chi connectivity index (χ1v) is 9.30. The average molecular weight is 331 g/mol. The molecule has 100 valence electrons. The van der Waals surface area contributed by atoms with E-state index in [-0.39, 0.29) is 11.2 Å². The fourth-order valence-corrected chi connectivity index (χ4v) is 5.93. The molecule has 0 aliphatic heterocycles. The van der Waals surface area contributed by atoms with Crippen molar-refractivity contribution in [2.75, 3.05) is 11.1 Å². The van der Waals surface area contributed by atoms with Crippen molar-refractivity contribution in [3.63, 3.8) is 0 Å². The van der Waals surface area contributed by atoms with E-state index in [9.17, 15) is 8.42 Å². The number of benzene rings is 1. The Balaban J connectivity index is 2.08. The molecule has 1 aliphatic rings. The van der Waals surface area contributed by atoms with Gasteiger partial charge in [-0.3, -0.25) is 0 Å². The maximum atomic E-state index is 12.3. The number of sulfone groups is 1. The van der Waals surface area contributed by atoms with Gasteiger partial charge in [0.1, 0.15) is 0 Å². The van der Waals surface area contributed by atoms with Crippen LogP contribution in [-0.4, -0.2) is 19.5 Å². The summed E-state index contributed by atoms with van der Waals surface area (Å²) in [6.07, 6.45) is 4.39. The predicted octanol–water partition coefficient (Wildman–Crippen LogP) is 3.56. The Labute approximate surface area is 118 Å². The van der Waals surface area contributed by atoms with Gasteiger partial charge >= 0.3 is 0 Å². The SMILES string of the molecule is O=S(=O)(Cc1ccccc1)CC1(CBr)CCCC1. The molecule has 0 bridgehead atoms. The molecule has 0 atom stereocenters. The molecular weight excluding hydrogens is 312 g/mol. The van der Waals surface area contributed by atoms with Crippen LogP contribution in [0.1, 0.15) is 31.2 Å². The zero-order chi connectivity index (χ0) is 13.1. The van der Waals surface area contributed by atoms with Gasteiger partial charge in [-0.05, 0) is 23.8 Å². The quantitative estimate of drug-likeness (QED) is 0.773. The van der Waals surface area contributed by atoms with Crippen LogP contribution in [0.2, 0.25) is 0 Å². The molecular formula is C14H19BrO2S. The molecule has 0 radical (unpaired) electrons. The van der Waals surface area contributed by atoms with Crippen LogP contribution >= 0.6 is 15.9 Å². The molecule has 0 unspecified atom stereocenters. The Bertz CT molecular complexity index is 476. The average Bonchev–Trinajstić information content (AvgIpc) is 2.78. The summed E-state index contributed by atoms with van der Waals surface area (Å²) in [6, 6.07) is 9.45. The van der Waals surface area contributed by atoms with E-state index in [0.717, 1.165) is 36.6 Å². The van der Waals surface area contributed by atoms with Crippen molar-refractivity contribution in [2.24, 2.45) is 5.41 Å². The van der Waals surface area contributed by atoms with Crippen molar-refractivity contribution in [1.82, 2.24) is 0 Å². The summed E-state index contributed by atoms with van der Waals surface area (Å²) in [7, 11) is -3.02. The van der Waals surface area contributed by atoms with Crippen LogP contribution in [0.25, 0.3) is 0 Å². The predicted molar refractivity (Wildman–Crippen MR) is 78.6 cm³/mol. The van der Waals surface area contributed by atoms with E-state index in [1.54, 1.807) is 0 Å². The minimum atomic E-state index is -3.02. The monoisotopic (exact) mass is 330 g/mol. The van der Waals surface area contributed by atoms with Gasteiger partial charge in [0, 0.05) is 5.33 Å². The van der Waals surface area contributed by atoms with E-state index >= 15 is 0 Å². The lowest BCUT2D eigenvalue weighted by molar-refractivity contribution is 0.394. The molecule has 4 heteroatoms. The van der Waals surface area contributed by atoms with Crippen LogP contribution in [0.3, 0.4) is 0 Å². The summed E-state index contributed by atoms with van der Waals surface area (Å²) in [5.74, 6) is 0.489. The molecule has 0 saturated heterocycles. The van der Waals surface area contributed by atoms with Gasteiger partial charge in [-0.1, -0.05) is 59.1 Å². The van der Waals surface area contributed by atoms with Gasteiger partial charge in [-0.15, -0.1) is 0 Å². The molecule has 0 spiro atoms. The second-order valence-corrected chi connectivity index (χ2v) is 7.98. The van der Waals surface area contributed by atoms with E-state index in [1.807, 2.05) is 30.3 Å². The Morgan fingerprint density at radius 2 is 1.72 bits per heavy atom. The summed E-state index contributed by atoms with van der Waals surface area (Å²) in [5, 5.41) is 0.800. The molecule has 0 aromatic heterocycles. The lowest BCUT2D eigenvalue weighted by Gasteiger charge is -2.26. The second-order valence-electron chi connectivity index (χ2n) is 5.36. The molecule has 1 aromatic rings. The van der Waals surface area contributed by atoms with Gasteiger partial charge < -0.3 is 0 Å². The van der Waals surface area contributed by atoms with Crippen LogP contribution < -0.4 is 0 Å². The van der Waals surface area contributed by atoms with Crippen LogP contribution in [0.4, 0.5) is 0 Å². The number of rotatable bonds is 5. The van der Waals surface area contributed by atoms with E-state index in [2.05, 4.69) is 15.9 Å². The summed E-state index contributed by atoms with van der Waals surface area (Å²) in [4.78, 5) is 0. The molecule has 1 fully saturated rings. The van der Waals surface area contributed by atoms with Gasteiger partial charge in [-0.2, -0.15) is 0 Å². The molecule has 2 nitrogen and oxygen atoms in total. The van der Waals surface area contributed by atoms with Crippen molar-refractivity contribution in [3.05, 3.63) is 35.9 Å².